The maximum Gasteiger partial charge on any atom is 0.334 e. The lowest BCUT2D eigenvalue weighted by Gasteiger charge is -2.07. The molecular weight excluding hydrogens is 264 g/mol. The molecule has 5 nitrogen and oxygen atoms in total. The van der Waals surface area contributed by atoms with E-state index in [1.54, 1.807) is 34.7 Å². The molecule has 0 aliphatic heterocycles. The number of aliphatic imine (C=N–C) groups is 1. The minimum absolute atomic E-state index is 0.136. The molecule has 0 spiro atoms. The molecule has 5 heteroatoms. The van der Waals surface area contributed by atoms with Gasteiger partial charge >= 0.3 is 5.69 Å². The van der Waals surface area contributed by atoms with Gasteiger partial charge in [-0.2, -0.15) is 0 Å². The largest absolute Gasteiger partial charge is 0.334 e. The Labute approximate surface area is 124 Å². The number of allylic oxidation sites excluding steroid dienone is 1. The van der Waals surface area contributed by atoms with E-state index < -0.39 is 0 Å². The normalized spacial score (nSPS) is 11.5. The highest BCUT2D eigenvalue weighted by Gasteiger charge is 2.15. The number of rotatable bonds is 4. The summed E-state index contributed by atoms with van der Waals surface area (Å²) in [6, 6.07) is 3.84. The second-order valence-electron chi connectivity index (χ2n) is 5.20. The second kappa shape index (κ2) is 5.91. The Hall–Kier alpha value is -2.43. The van der Waals surface area contributed by atoms with E-state index >= 15 is 0 Å². The molecule has 2 heterocycles. The summed E-state index contributed by atoms with van der Waals surface area (Å²) in [6.45, 7) is 9.64. The van der Waals surface area contributed by atoms with Crippen molar-refractivity contribution in [1.82, 2.24) is 14.1 Å². The van der Waals surface area contributed by atoms with Gasteiger partial charge in [-0.3, -0.25) is 9.55 Å². The van der Waals surface area contributed by atoms with Crippen LogP contribution in [0.15, 0.2) is 40.8 Å². The van der Waals surface area contributed by atoms with Gasteiger partial charge in [-0.15, -0.1) is 0 Å². The van der Waals surface area contributed by atoms with Crippen LogP contribution in [0.5, 0.6) is 0 Å². The Morgan fingerprint density at radius 2 is 2.10 bits per heavy atom. The lowest BCUT2D eigenvalue weighted by atomic mass is 10.1. The van der Waals surface area contributed by atoms with E-state index in [-0.39, 0.29) is 5.69 Å². The maximum atomic E-state index is 12.4. The lowest BCUT2D eigenvalue weighted by Crippen LogP contribution is -2.21. The van der Waals surface area contributed by atoms with Crippen LogP contribution >= 0.6 is 0 Å². The average molecular weight is 284 g/mol. The van der Waals surface area contributed by atoms with Gasteiger partial charge in [0.15, 0.2) is 5.82 Å². The molecule has 0 atom stereocenters. The van der Waals surface area contributed by atoms with Gasteiger partial charge in [-0.05, 0) is 25.0 Å². The standard InChI is InChI=1S/C16H20N4O/c1-6-9-17-15-12(4)19(5)16(21)20(15)13-7-8-14(11(2)3)18-10-13/h6-11H,1H2,2-5H3/b17-9-. The van der Waals surface area contributed by atoms with Crippen LogP contribution in [0, 0.1) is 6.92 Å². The first-order valence-electron chi connectivity index (χ1n) is 6.87. The monoisotopic (exact) mass is 284 g/mol. The zero-order valence-electron chi connectivity index (χ0n) is 12.9. The summed E-state index contributed by atoms with van der Waals surface area (Å²) in [5.41, 5.74) is 2.37. The zero-order valence-corrected chi connectivity index (χ0v) is 12.9. The first kappa shape index (κ1) is 15.0. The quantitative estimate of drug-likeness (QED) is 0.811. The summed E-state index contributed by atoms with van der Waals surface area (Å²) >= 11 is 0. The minimum atomic E-state index is -0.136. The van der Waals surface area contributed by atoms with Crippen LogP contribution in [0.4, 0.5) is 5.82 Å². The summed E-state index contributed by atoms with van der Waals surface area (Å²) in [6.07, 6.45) is 4.87. The third-order valence-electron chi connectivity index (χ3n) is 3.44. The molecule has 0 unspecified atom stereocenters. The lowest BCUT2D eigenvalue weighted by molar-refractivity contribution is 0.795. The van der Waals surface area contributed by atoms with Gasteiger partial charge in [0.2, 0.25) is 0 Å². The summed E-state index contributed by atoms with van der Waals surface area (Å²) in [5.74, 6) is 0.952. The van der Waals surface area contributed by atoms with E-state index in [0.717, 1.165) is 11.4 Å². The number of hydrogen-bond acceptors (Lipinski definition) is 3. The predicted molar refractivity (Wildman–Crippen MR) is 86.0 cm³/mol. The van der Waals surface area contributed by atoms with Crippen molar-refractivity contribution in [2.24, 2.45) is 12.0 Å². The van der Waals surface area contributed by atoms with E-state index in [1.165, 1.54) is 0 Å². The van der Waals surface area contributed by atoms with Gasteiger partial charge < -0.3 is 0 Å². The van der Waals surface area contributed by atoms with Crippen molar-refractivity contribution in [3.8, 4) is 5.69 Å². The molecule has 0 radical (unpaired) electrons. The molecule has 0 saturated heterocycles. The van der Waals surface area contributed by atoms with Gasteiger partial charge in [-0.1, -0.05) is 26.5 Å². The Kier molecular flexibility index (Phi) is 4.21. The van der Waals surface area contributed by atoms with Crippen molar-refractivity contribution >= 4 is 12.0 Å². The molecule has 0 N–H and O–H groups in total. The van der Waals surface area contributed by atoms with Gasteiger partial charge in [0.05, 0.1) is 17.6 Å². The van der Waals surface area contributed by atoms with Crippen molar-refractivity contribution in [2.75, 3.05) is 0 Å². The van der Waals surface area contributed by atoms with Gasteiger partial charge in [0.1, 0.15) is 0 Å². The maximum absolute atomic E-state index is 12.4. The van der Waals surface area contributed by atoms with Gasteiger partial charge in [0.25, 0.3) is 0 Å². The predicted octanol–water partition coefficient (Wildman–Crippen LogP) is 2.89. The highest BCUT2D eigenvalue weighted by Crippen LogP contribution is 2.21. The molecule has 0 aliphatic rings. The van der Waals surface area contributed by atoms with Crippen molar-refractivity contribution < 1.29 is 0 Å². The van der Waals surface area contributed by atoms with Gasteiger partial charge in [-0.25, -0.2) is 14.4 Å². The highest BCUT2D eigenvalue weighted by molar-refractivity contribution is 5.73. The van der Waals surface area contributed by atoms with Crippen LogP contribution in [-0.2, 0) is 7.05 Å². The Morgan fingerprint density at radius 1 is 1.38 bits per heavy atom. The van der Waals surface area contributed by atoms with E-state index in [1.807, 2.05) is 19.1 Å². The van der Waals surface area contributed by atoms with Crippen molar-refractivity contribution in [2.45, 2.75) is 26.7 Å². The molecule has 0 aromatic carbocycles. The molecule has 0 bridgehead atoms. The van der Waals surface area contributed by atoms with E-state index in [9.17, 15) is 4.79 Å². The van der Waals surface area contributed by atoms with E-state index in [2.05, 4.69) is 30.4 Å². The molecule has 0 amide bonds. The van der Waals surface area contributed by atoms with Crippen LogP contribution in [0.1, 0.15) is 31.2 Å². The smallest absolute Gasteiger partial charge is 0.297 e. The molecular formula is C16H20N4O. The molecule has 0 aliphatic carbocycles. The first-order chi connectivity index (χ1) is 9.97. The molecule has 0 fully saturated rings. The highest BCUT2D eigenvalue weighted by atomic mass is 16.1. The fraction of sp³-hybridized carbons (Fsp3) is 0.312. The Balaban J connectivity index is 2.62. The van der Waals surface area contributed by atoms with Crippen molar-refractivity contribution in [3.63, 3.8) is 0 Å². The van der Waals surface area contributed by atoms with Crippen molar-refractivity contribution in [1.29, 1.82) is 0 Å². The molecule has 2 aromatic rings. The number of hydrogen-bond donors (Lipinski definition) is 0. The third-order valence-corrected chi connectivity index (χ3v) is 3.44. The summed E-state index contributed by atoms with van der Waals surface area (Å²) in [4.78, 5) is 21.1. The Morgan fingerprint density at radius 3 is 2.62 bits per heavy atom. The van der Waals surface area contributed by atoms with Crippen LogP contribution in [-0.4, -0.2) is 20.3 Å². The molecule has 2 aromatic heterocycles. The Bertz CT molecular complexity index is 733. The van der Waals surface area contributed by atoms with Crippen LogP contribution in [0.2, 0.25) is 0 Å². The van der Waals surface area contributed by atoms with Crippen LogP contribution in [0.25, 0.3) is 5.69 Å². The zero-order chi connectivity index (χ0) is 15.6. The number of aromatic nitrogens is 3. The number of pyridine rings is 1. The second-order valence-corrected chi connectivity index (χ2v) is 5.20. The fourth-order valence-corrected chi connectivity index (χ4v) is 2.07. The average Bonchev–Trinajstić information content (AvgIpc) is 2.69. The summed E-state index contributed by atoms with van der Waals surface area (Å²) in [5, 5.41) is 0. The van der Waals surface area contributed by atoms with E-state index in [4.69, 9.17) is 0 Å². The first-order valence-corrected chi connectivity index (χ1v) is 6.87. The number of nitrogens with zero attached hydrogens (tertiary/aromatic N) is 4. The fourth-order valence-electron chi connectivity index (χ4n) is 2.07. The van der Waals surface area contributed by atoms with E-state index in [0.29, 0.717) is 17.4 Å². The van der Waals surface area contributed by atoms with Crippen molar-refractivity contribution in [3.05, 3.63) is 52.9 Å². The van der Waals surface area contributed by atoms with Gasteiger partial charge in [0, 0.05) is 19.0 Å². The number of imidazole rings is 1. The van der Waals surface area contributed by atoms with Crippen LogP contribution < -0.4 is 5.69 Å². The van der Waals surface area contributed by atoms with Crippen LogP contribution in [0.3, 0.4) is 0 Å². The topological polar surface area (TPSA) is 52.2 Å². The molecule has 110 valence electrons. The minimum Gasteiger partial charge on any atom is -0.297 e. The molecule has 0 saturated carbocycles. The summed E-state index contributed by atoms with van der Waals surface area (Å²) in [7, 11) is 1.73. The summed E-state index contributed by atoms with van der Waals surface area (Å²) < 4.78 is 3.14. The molecule has 21 heavy (non-hydrogen) atoms. The third kappa shape index (κ3) is 2.72. The SMILES string of the molecule is C=C/C=N\c1c(C)n(C)c(=O)n1-c1ccc(C(C)C)nc1. The molecule has 2 rings (SSSR count).